The third kappa shape index (κ3) is 2.71. The van der Waals surface area contributed by atoms with Gasteiger partial charge in [-0.25, -0.2) is 0 Å². The molecule has 0 spiro atoms. The zero-order valence-corrected chi connectivity index (χ0v) is 10.4. The Morgan fingerprint density at radius 2 is 1.84 bits per heavy atom. The van der Waals surface area contributed by atoms with Crippen molar-refractivity contribution in [3.63, 3.8) is 0 Å². The topological polar surface area (TPSA) is 21.3 Å². The molecule has 2 nitrogen and oxygen atoms in total. The van der Waals surface area contributed by atoms with E-state index in [9.17, 15) is 13.2 Å². The number of rotatable bonds is 3. The maximum absolute atomic E-state index is 12.9. The smallest absolute Gasteiger partial charge is 0.379 e. The summed E-state index contributed by atoms with van der Waals surface area (Å²) in [6.07, 6.45) is -1.22. The number of para-hydroxylation sites is 1. The number of benzene rings is 1. The lowest BCUT2D eigenvalue weighted by atomic mass is 10.0. The summed E-state index contributed by atoms with van der Waals surface area (Å²) in [5.41, 5.74) is -0.437. The minimum atomic E-state index is -4.32. The SMILES string of the molecule is FC(F)(F)c1ccccc1NC1CCOC1C1CC1. The highest BCUT2D eigenvalue weighted by Gasteiger charge is 2.41. The molecule has 2 fully saturated rings. The highest BCUT2D eigenvalue weighted by atomic mass is 19.4. The molecule has 1 aliphatic carbocycles. The quantitative estimate of drug-likeness (QED) is 0.905. The predicted molar refractivity (Wildman–Crippen MR) is 65.9 cm³/mol. The number of anilines is 1. The van der Waals surface area contributed by atoms with Crippen LogP contribution in [-0.4, -0.2) is 18.8 Å². The van der Waals surface area contributed by atoms with Gasteiger partial charge in [-0.1, -0.05) is 12.1 Å². The van der Waals surface area contributed by atoms with Crippen molar-refractivity contribution in [2.24, 2.45) is 5.92 Å². The molecule has 1 saturated heterocycles. The van der Waals surface area contributed by atoms with E-state index in [1.807, 2.05) is 0 Å². The molecule has 2 unspecified atom stereocenters. The van der Waals surface area contributed by atoms with Crippen LogP contribution in [0.5, 0.6) is 0 Å². The number of nitrogens with one attached hydrogen (secondary N) is 1. The van der Waals surface area contributed by atoms with Crippen molar-refractivity contribution in [2.75, 3.05) is 11.9 Å². The summed E-state index contributed by atoms with van der Waals surface area (Å²) < 4.78 is 44.4. The van der Waals surface area contributed by atoms with Gasteiger partial charge in [0.1, 0.15) is 0 Å². The third-order valence-electron chi connectivity index (χ3n) is 3.80. The van der Waals surface area contributed by atoms with E-state index in [2.05, 4.69) is 5.32 Å². The van der Waals surface area contributed by atoms with E-state index in [4.69, 9.17) is 4.74 Å². The number of hydrogen-bond donors (Lipinski definition) is 1. The molecule has 2 atom stereocenters. The molecule has 1 aliphatic heterocycles. The summed E-state index contributed by atoms with van der Waals surface area (Å²) in [6.45, 7) is 0.632. The molecule has 19 heavy (non-hydrogen) atoms. The van der Waals surface area contributed by atoms with Crippen LogP contribution in [0.3, 0.4) is 0 Å². The zero-order valence-electron chi connectivity index (χ0n) is 10.4. The first-order valence-corrected chi connectivity index (χ1v) is 6.60. The Kier molecular flexibility index (Phi) is 3.17. The second kappa shape index (κ2) is 4.71. The highest BCUT2D eigenvalue weighted by Crippen LogP contribution is 2.41. The van der Waals surface area contributed by atoms with Crippen LogP contribution in [0.1, 0.15) is 24.8 Å². The maximum atomic E-state index is 12.9. The van der Waals surface area contributed by atoms with Gasteiger partial charge in [-0.15, -0.1) is 0 Å². The fourth-order valence-electron chi connectivity index (χ4n) is 2.71. The van der Waals surface area contributed by atoms with Gasteiger partial charge in [0.25, 0.3) is 0 Å². The van der Waals surface area contributed by atoms with Gasteiger partial charge in [0.05, 0.1) is 17.7 Å². The lowest BCUT2D eigenvalue weighted by molar-refractivity contribution is -0.137. The van der Waals surface area contributed by atoms with Crippen molar-refractivity contribution < 1.29 is 17.9 Å². The minimum absolute atomic E-state index is 0.00370. The van der Waals surface area contributed by atoms with Gasteiger partial charge in [0, 0.05) is 12.3 Å². The van der Waals surface area contributed by atoms with Crippen LogP contribution in [0.2, 0.25) is 0 Å². The number of hydrogen-bond acceptors (Lipinski definition) is 2. The molecular formula is C14H16F3NO. The average molecular weight is 271 g/mol. The molecule has 0 aromatic heterocycles. The Morgan fingerprint density at radius 3 is 2.53 bits per heavy atom. The summed E-state index contributed by atoms with van der Waals surface area (Å²) in [4.78, 5) is 0. The van der Waals surface area contributed by atoms with E-state index in [0.29, 0.717) is 12.5 Å². The van der Waals surface area contributed by atoms with Crippen LogP contribution in [0, 0.1) is 5.92 Å². The Labute approximate surface area is 109 Å². The molecule has 0 radical (unpaired) electrons. The van der Waals surface area contributed by atoms with E-state index in [1.165, 1.54) is 12.1 Å². The molecule has 3 rings (SSSR count). The molecule has 0 amide bonds. The number of ether oxygens (including phenoxy) is 1. The molecule has 1 heterocycles. The van der Waals surface area contributed by atoms with E-state index in [-0.39, 0.29) is 17.8 Å². The van der Waals surface area contributed by atoms with Crippen LogP contribution in [-0.2, 0) is 10.9 Å². The van der Waals surface area contributed by atoms with E-state index in [1.54, 1.807) is 6.07 Å². The number of halogens is 3. The Morgan fingerprint density at radius 1 is 1.11 bits per heavy atom. The van der Waals surface area contributed by atoms with Crippen LogP contribution in [0.4, 0.5) is 18.9 Å². The number of alkyl halides is 3. The summed E-state index contributed by atoms with van der Waals surface area (Å²) >= 11 is 0. The monoisotopic (exact) mass is 271 g/mol. The van der Waals surface area contributed by atoms with Crippen molar-refractivity contribution in [1.29, 1.82) is 0 Å². The second-order valence-corrected chi connectivity index (χ2v) is 5.26. The third-order valence-corrected chi connectivity index (χ3v) is 3.80. The second-order valence-electron chi connectivity index (χ2n) is 5.26. The van der Waals surface area contributed by atoms with Gasteiger partial charge in [0.15, 0.2) is 0 Å². The van der Waals surface area contributed by atoms with Crippen LogP contribution in [0.25, 0.3) is 0 Å². The van der Waals surface area contributed by atoms with Crippen molar-refractivity contribution in [1.82, 2.24) is 0 Å². The van der Waals surface area contributed by atoms with Gasteiger partial charge in [-0.2, -0.15) is 13.2 Å². The van der Waals surface area contributed by atoms with E-state index in [0.717, 1.165) is 25.3 Å². The van der Waals surface area contributed by atoms with E-state index >= 15 is 0 Å². The lowest BCUT2D eigenvalue weighted by Gasteiger charge is -2.23. The van der Waals surface area contributed by atoms with Crippen molar-refractivity contribution in [3.8, 4) is 0 Å². The lowest BCUT2D eigenvalue weighted by Crippen LogP contribution is -2.31. The first kappa shape index (κ1) is 12.8. The first-order chi connectivity index (χ1) is 9.05. The summed E-state index contributed by atoms with van der Waals surface area (Å²) in [5.74, 6) is 0.526. The zero-order chi connectivity index (χ0) is 13.5. The van der Waals surface area contributed by atoms with Gasteiger partial charge in [0.2, 0.25) is 0 Å². The van der Waals surface area contributed by atoms with Gasteiger partial charge in [-0.3, -0.25) is 0 Å². The fraction of sp³-hybridized carbons (Fsp3) is 0.571. The van der Waals surface area contributed by atoms with Crippen molar-refractivity contribution >= 4 is 5.69 Å². The fourth-order valence-corrected chi connectivity index (χ4v) is 2.71. The van der Waals surface area contributed by atoms with Crippen molar-refractivity contribution in [2.45, 2.75) is 37.6 Å². The van der Waals surface area contributed by atoms with E-state index < -0.39 is 11.7 Å². The van der Waals surface area contributed by atoms with Gasteiger partial charge >= 0.3 is 6.18 Å². The Hall–Kier alpha value is -1.23. The van der Waals surface area contributed by atoms with Crippen LogP contribution < -0.4 is 5.32 Å². The molecular weight excluding hydrogens is 255 g/mol. The van der Waals surface area contributed by atoms with Crippen molar-refractivity contribution in [3.05, 3.63) is 29.8 Å². The predicted octanol–water partition coefficient (Wildman–Crippen LogP) is 3.68. The molecule has 104 valence electrons. The van der Waals surface area contributed by atoms with Gasteiger partial charge < -0.3 is 10.1 Å². The normalized spacial score (nSPS) is 27.5. The molecule has 1 aromatic carbocycles. The summed E-state index contributed by atoms with van der Waals surface area (Å²) in [7, 11) is 0. The highest BCUT2D eigenvalue weighted by molar-refractivity contribution is 5.53. The van der Waals surface area contributed by atoms with Gasteiger partial charge in [-0.05, 0) is 37.3 Å². The molecule has 5 heteroatoms. The molecule has 1 saturated carbocycles. The summed E-state index contributed by atoms with van der Waals surface area (Å²) in [5, 5.41) is 3.04. The summed E-state index contributed by atoms with van der Waals surface area (Å²) in [6, 6.07) is 5.64. The molecule has 2 aliphatic rings. The standard InChI is InChI=1S/C14H16F3NO/c15-14(16,17)10-3-1-2-4-11(10)18-12-7-8-19-13(12)9-5-6-9/h1-4,9,12-13,18H,5-8H2. The molecule has 0 bridgehead atoms. The molecule has 1 N–H and O–H groups in total. The average Bonchev–Trinajstić information content (AvgIpc) is 3.10. The largest absolute Gasteiger partial charge is 0.418 e. The Balaban J connectivity index is 1.79. The van der Waals surface area contributed by atoms with Crippen LogP contribution >= 0.6 is 0 Å². The minimum Gasteiger partial charge on any atom is -0.379 e. The first-order valence-electron chi connectivity index (χ1n) is 6.60. The Bertz CT molecular complexity index is 456. The van der Waals surface area contributed by atoms with Crippen LogP contribution in [0.15, 0.2) is 24.3 Å². The molecule has 1 aromatic rings. The maximum Gasteiger partial charge on any atom is 0.418 e.